The number of halogens is 1. The first-order valence-corrected chi connectivity index (χ1v) is 5.94. The van der Waals surface area contributed by atoms with Crippen LogP contribution < -0.4 is 10.1 Å². The molecule has 88 valence electrons. The van der Waals surface area contributed by atoms with E-state index in [1.165, 1.54) is 0 Å². The molecule has 17 heavy (non-hydrogen) atoms. The molecule has 0 spiro atoms. The first-order chi connectivity index (χ1) is 8.20. The lowest BCUT2D eigenvalue weighted by atomic mass is 10.3. The zero-order chi connectivity index (χ0) is 12.3. The Morgan fingerprint density at radius 1 is 1.29 bits per heavy atom. The molecule has 0 aliphatic heterocycles. The van der Waals surface area contributed by atoms with E-state index < -0.39 is 0 Å². The molecule has 2 aromatic rings. The Bertz CT molecular complexity index is 531. The van der Waals surface area contributed by atoms with E-state index in [1.807, 2.05) is 31.2 Å². The molecule has 0 saturated heterocycles. The van der Waals surface area contributed by atoms with E-state index in [9.17, 15) is 0 Å². The largest absolute Gasteiger partial charge is 0.437 e. The van der Waals surface area contributed by atoms with Gasteiger partial charge in [-0.05, 0) is 35.0 Å². The number of ether oxygens (including phenoxy) is 1. The highest BCUT2D eigenvalue weighted by atomic mass is 79.9. The molecule has 1 aromatic heterocycles. The second kappa shape index (κ2) is 5.14. The molecule has 0 aliphatic rings. The quantitative estimate of drug-likeness (QED) is 0.942. The van der Waals surface area contributed by atoms with Crippen molar-refractivity contribution in [2.45, 2.75) is 6.92 Å². The molecule has 1 aromatic carbocycles. The molecule has 0 bridgehead atoms. The number of nitrogens with zero attached hydrogens (tertiary/aromatic N) is 2. The fraction of sp³-hybridized carbons (Fsp3) is 0.167. The van der Waals surface area contributed by atoms with Gasteiger partial charge in [0.15, 0.2) is 0 Å². The van der Waals surface area contributed by atoms with Gasteiger partial charge in [-0.3, -0.25) is 0 Å². The number of hydrogen-bond acceptors (Lipinski definition) is 4. The van der Waals surface area contributed by atoms with Crippen molar-refractivity contribution in [3.63, 3.8) is 0 Å². The maximum Gasteiger partial charge on any atom is 0.227 e. The monoisotopic (exact) mass is 293 g/mol. The van der Waals surface area contributed by atoms with E-state index in [0.717, 1.165) is 15.8 Å². The number of para-hydroxylation sites is 1. The first-order valence-electron chi connectivity index (χ1n) is 5.14. The van der Waals surface area contributed by atoms with Gasteiger partial charge < -0.3 is 10.1 Å². The fourth-order valence-electron chi connectivity index (χ4n) is 1.28. The van der Waals surface area contributed by atoms with Crippen molar-refractivity contribution in [1.82, 2.24) is 9.97 Å². The van der Waals surface area contributed by atoms with Gasteiger partial charge in [-0.15, -0.1) is 0 Å². The number of anilines is 1. The third-order valence-corrected chi connectivity index (χ3v) is 2.85. The van der Waals surface area contributed by atoms with Gasteiger partial charge in [-0.25, -0.2) is 4.98 Å². The van der Waals surface area contributed by atoms with Crippen LogP contribution >= 0.6 is 15.9 Å². The summed E-state index contributed by atoms with van der Waals surface area (Å²) in [7, 11) is 1.77. The normalized spacial score (nSPS) is 10.1. The van der Waals surface area contributed by atoms with E-state index in [4.69, 9.17) is 4.74 Å². The summed E-state index contributed by atoms with van der Waals surface area (Å²) in [4.78, 5) is 8.37. The van der Waals surface area contributed by atoms with Gasteiger partial charge in [0.1, 0.15) is 5.75 Å². The van der Waals surface area contributed by atoms with E-state index in [-0.39, 0.29) is 0 Å². The van der Waals surface area contributed by atoms with Crippen LogP contribution in [0.4, 0.5) is 5.95 Å². The third-order valence-electron chi connectivity index (χ3n) is 2.19. The Kier molecular flexibility index (Phi) is 3.58. The number of hydrogen-bond donors (Lipinski definition) is 1. The van der Waals surface area contributed by atoms with Crippen LogP contribution in [0.2, 0.25) is 0 Å². The van der Waals surface area contributed by atoms with Crippen LogP contribution in [0.5, 0.6) is 11.6 Å². The van der Waals surface area contributed by atoms with Gasteiger partial charge in [0.05, 0.1) is 4.47 Å². The third kappa shape index (κ3) is 2.74. The van der Waals surface area contributed by atoms with Crippen LogP contribution in [-0.2, 0) is 0 Å². The maximum absolute atomic E-state index is 5.74. The summed E-state index contributed by atoms with van der Waals surface area (Å²) < 4.78 is 6.64. The van der Waals surface area contributed by atoms with Crippen LogP contribution in [0.1, 0.15) is 5.56 Å². The average molecular weight is 294 g/mol. The van der Waals surface area contributed by atoms with Gasteiger partial charge in [0, 0.05) is 18.8 Å². The molecule has 1 heterocycles. The Hall–Kier alpha value is -1.62. The maximum atomic E-state index is 5.74. The van der Waals surface area contributed by atoms with Crippen molar-refractivity contribution >= 4 is 21.9 Å². The van der Waals surface area contributed by atoms with Crippen molar-refractivity contribution < 1.29 is 4.74 Å². The van der Waals surface area contributed by atoms with Crippen molar-refractivity contribution in [2.75, 3.05) is 12.4 Å². The number of nitrogens with one attached hydrogen (secondary N) is 1. The van der Waals surface area contributed by atoms with Gasteiger partial charge >= 0.3 is 0 Å². The van der Waals surface area contributed by atoms with Crippen LogP contribution in [0, 0.1) is 6.92 Å². The highest BCUT2D eigenvalue weighted by molar-refractivity contribution is 9.10. The zero-order valence-electron chi connectivity index (χ0n) is 9.57. The zero-order valence-corrected chi connectivity index (χ0v) is 11.2. The van der Waals surface area contributed by atoms with Gasteiger partial charge in [-0.1, -0.05) is 12.1 Å². The lowest BCUT2D eigenvalue weighted by Crippen LogP contribution is -1.99. The second-order valence-corrected chi connectivity index (χ2v) is 4.32. The van der Waals surface area contributed by atoms with Crippen LogP contribution in [0.25, 0.3) is 0 Å². The highest BCUT2D eigenvalue weighted by Gasteiger charge is 2.07. The fourth-order valence-corrected chi connectivity index (χ4v) is 1.65. The molecule has 0 unspecified atom stereocenters. The minimum atomic E-state index is 0.539. The molecule has 0 radical (unpaired) electrons. The lowest BCUT2D eigenvalue weighted by molar-refractivity contribution is 0.455. The molecular formula is C12H12BrN3O. The molecule has 2 rings (SSSR count). The summed E-state index contributed by atoms with van der Waals surface area (Å²) >= 11 is 3.43. The van der Waals surface area contributed by atoms with Gasteiger partial charge in [-0.2, -0.15) is 4.98 Å². The van der Waals surface area contributed by atoms with E-state index >= 15 is 0 Å². The van der Waals surface area contributed by atoms with Crippen LogP contribution in [0.15, 0.2) is 34.9 Å². The van der Waals surface area contributed by atoms with E-state index in [2.05, 4.69) is 31.2 Å². The molecule has 0 amide bonds. The summed E-state index contributed by atoms with van der Waals surface area (Å²) in [6.45, 7) is 1.91. The molecule has 0 aliphatic carbocycles. The van der Waals surface area contributed by atoms with Crippen molar-refractivity contribution in [1.29, 1.82) is 0 Å². The number of rotatable bonds is 3. The van der Waals surface area contributed by atoms with Crippen molar-refractivity contribution in [3.8, 4) is 11.6 Å². The van der Waals surface area contributed by atoms with Crippen molar-refractivity contribution in [2.24, 2.45) is 0 Å². The number of aryl methyl sites for hydroxylation is 1. The minimum absolute atomic E-state index is 0.539. The predicted octanol–water partition coefficient (Wildman–Crippen LogP) is 3.38. The Labute approximate surface area is 108 Å². The summed E-state index contributed by atoms with van der Waals surface area (Å²) in [6.07, 6.45) is 1.73. The molecule has 0 fully saturated rings. The molecular weight excluding hydrogens is 282 g/mol. The lowest BCUT2D eigenvalue weighted by Gasteiger charge is -2.09. The molecule has 0 atom stereocenters. The number of aromatic nitrogens is 2. The van der Waals surface area contributed by atoms with E-state index in [1.54, 1.807) is 13.2 Å². The molecule has 1 N–H and O–H groups in total. The van der Waals surface area contributed by atoms with Gasteiger partial charge in [0.25, 0.3) is 0 Å². The average Bonchev–Trinajstić information content (AvgIpc) is 2.35. The summed E-state index contributed by atoms with van der Waals surface area (Å²) in [5.74, 6) is 1.82. The summed E-state index contributed by atoms with van der Waals surface area (Å²) in [5, 5.41) is 2.88. The van der Waals surface area contributed by atoms with Crippen molar-refractivity contribution in [3.05, 3.63) is 40.5 Å². The predicted molar refractivity (Wildman–Crippen MR) is 70.5 cm³/mol. The van der Waals surface area contributed by atoms with Crippen LogP contribution in [0.3, 0.4) is 0 Å². The molecule has 0 saturated carbocycles. The standard InChI is InChI=1S/C12H12BrN3O/c1-8-7-15-12(14-2)16-11(8)17-10-6-4-3-5-9(10)13/h3-7H,1-2H3,(H,14,15,16). The SMILES string of the molecule is CNc1ncc(C)c(Oc2ccccc2Br)n1. The Morgan fingerprint density at radius 3 is 2.76 bits per heavy atom. The van der Waals surface area contributed by atoms with Crippen LogP contribution in [-0.4, -0.2) is 17.0 Å². The van der Waals surface area contributed by atoms with E-state index in [0.29, 0.717) is 11.8 Å². The summed E-state index contributed by atoms with van der Waals surface area (Å²) in [5.41, 5.74) is 0.889. The minimum Gasteiger partial charge on any atom is -0.437 e. The second-order valence-electron chi connectivity index (χ2n) is 3.46. The first kappa shape index (κ1) is 11.9. The molecule has 5 heteroatoms. The summed E-state index contributed by atoms with van der Waals surface area (Å²) in [6, 6.07) is 7.65. The smallest absolute Gasteiger partial charge is 0.227 e. The highest BCUT2D eigenvalue weighted by Crippen LogP contribution is 2.29. The Morgan fingerprint density at radius 2 is 2.06 bits per heavy atom. The van der Waals surface area contributed by atoms with Gasteiger partial charge in [0.2, 0.25) is 11.8 Å². The molecule has 4 nitrogen and oxygen atoms in total. The topological polar surface area (TPSA) is 47.0 Å². The Balaban J connectivity index is 2.32. The number of benzene rings is 1.